The lowest BCUT2D eigenvalue weighted by Crippen LogP contribution is -2.36. The minimum Gasteiger partial charge on any atom is -0.350 e. The maximum absolute atomic E-state index is 11.6. The van der Waals surface area contributed by atoms with E-state index in [1.807, 2.05) is 6.92 Å². The Morgan fingerprint density at radius 2 is 2.19 bits per heavy atom. The molecule has 1 fully saturated rings. The van der Waals surface area contributed by atoms with Crippen LogP contribution in [0.4, 0.5) is 0 Å². The van der Waals surface area contributed by atoms with Gasteiger partial charge < -0.3 is 4.74 Å². The second-order valence-electron chi connectivity index (χ2n) is 4.91. The molecule has 0 radical (unpaired) electrons. The summed E-state index contributed by atoms with van der Waals surface area (Å²) >= 11 is 0. The summed E-state index contributed by atoms with van der Waals surface area (Å²) in [6.07, 6.45) is 3.66. The Morgan fingerprint density at radius 3 is 2.75 bits per heavy atom. The largest absolute Gasteiger partial charge is 0.350 e. The summed E-state index contributed by atoms with van der Waals surface area (Å²) in [4.78, 5) is 16.9. The van der Waals surface area contributed by atoms with Crippen LogP contribution in [0, 0.1) is 11.8 Å². The maximum atomic E-state index is 11.6. The summed E-state index contributed by atoms with van der Waals surface area (Å²) in [7, 11) is 0. The standard InChI is InChI=1S/C12H23NO3/c1-9(2)8-10(3)12(14)13-16-11-6-4-5-7-15-11/h9-11H,4-8H2,1-3H3,(H,13,14). The highest BCUT2D eigenvalue weighted by atomic mass is 16.8. The molecule has 1 heterocycles. The number of rotatable bonds is 5. The van der Waals surface area contributed by atoms with Crippen molar-refractivity contribution in [1.82, 2.24) is 5.48 Å². The zero-order valence-electron chi connectivity index (χ0n) is 10.5. The monoisotopic (exact) mass is 229 g/mol. The van der Waals surface area contributed by atoms with E-state index in [0.717, 1.165) is 32.3 Å². The fraction of sp³-hybridized carbons (Fsp3) is 0.917. The minimum atomic E-state index is -0.260. The van der Waals surface area contributed by atoms with Crippen molar-refractivity contribution in [3.8, 4) is 0 Å². The number of hydrogen-bond acceptors (Lipinski definition) is 3. The summed E-state index contributed by atoms with van der Waals surface area (Å²) < 4.78 is 5.35. The number of nitrogens with one attached hydrogen (secondary N) is 1. The highest BCUT2D eigenvalue weighted by molar-refractivity contribution is 5.77. The lowest BCUT2D eigenvalue weighted by atomic mass is 9.99. The molecule has 2 unspecified atom stereocenters. The molecule has 1 aliphatic heterocycles. The van der Waals surface area contributed by atoms with Crippen molar-refractivity contribution in [1.29, 1.82) is 0 Å². The highest BCUT2D eigenvalue weighted by Crippen LogP contribution is 2.14. The number of carbonyl (C=O) groups is 1. The van der Waals surface area contributed by atoms with Gasteiger partial charge in [-0.15, -0.1) is 0 Å². The fourth-order valence-corrected chi connectivity index (χ4v) is 1.84. The predicted octanol–water partition coefficient (Wildman–Crippen LogP) is 2.24. The molecule has 0 aromatic heterocycles. The van der Waals surface area contributed by atoms with Gasteiger partial charge in [0.2, 0.25) is 5.91 Å². The Bertz CT molecular complexity index is 212. The summed E-state index contributed by atoms with van der Waals surface area (Å²) in [5.74, 6) is 0.457. The molecule has 0 aliphatic carbocycles. The van der Waals surface area contributed by atoms with Crippen LogP contribution in [0.5, 0.6) is 0 Å². The zero-order chi connectivity index (χ0) is 12.0. The average molecular weight is 229 g/mol. The summed E-state index contributed by atoms with van der Waals surface area (Å²) in [5, 5.41) is 0. The molecule has 2 atom stereocenters. The third-order valence-electron chi connectivity index (χ3n) is 2.70. The van der Waals surface area contributed by atoms with Crippen molar-refractivity contribution in [2.24, 2.45) is 11.8 Å². The summed E-state index contributed by atoms with van der Waals surface area (Å²) in [6, 6.07) is 0. The number of amides is 1. The molecule has 0 bridgehead atoms. The van der Waals surface area contributed by atoms with E-state index in [4.69, 9.17) is 9.57 Å². The second kappa shape index (κ2) is 6.86. The van der Waals surface area contributed by atoms with Gasteiger partial charge in [-0.1, -0.05) is 20.8 Å². The van der Waals surface area contributed by atoms with E-state index < -0.39 is 0 Å². The molecule has 0 saturated carbocycles. The van der Waals surface area contributed by atoms with E-state index in [1.54, 1.807) is 0 Å². The topological polar surface area (TPSA) is 47.6 Å². The summed E-state index contributed by atoms with van der Waals surface area (Å²) in [6.45, 7) is 6.85. The van der Waals surface area contributed by atoms with Gasteiger partial charge in [0, 0.05) is 18.9 Å². The van der Waals surface area contributed by atoms with Gasteiger partial charge in [-0.05, 0) is 25.2 Å². The molecular weight excluding hydrogens is 206 g/mol. The highest BCUT2D eigenvalue weighted by Gasteiger charge is 2.18. The SMILES string of the molecule is CC(C)CC(C)C(=O)NOC1CCCCO1. The van der Waals surface area contributed by atoms with E-state index in [1.165, 1.54) is 0 Å². The maximum Gasteiger partial charge on any atom is 0.246 e. The average Bonchev–Trinajstić information content (AvgIpc) is 2.26. The molecule has 4 heteroatoms. The van der Waals surface area contributed by atoms with Crippen LogP contribution in [0.2, 0.25) is 0 Å². The van der Waals surface area contributed by atoms with Crippen molar-refractivity contribution in [3.05, 3.63) is 0 Å². The van der Waals surface area contributed by atoms with Crippen LogP contribution >= 0.6 is 0 Å². The lowest BCUT2D eigenvalue weighted by Gasteiger charge is -2.23. The molecule has 0 aromatic carbocycles. The van der Waals surface area contributed by atoms with Gasteiger partial charge in [-0.3, -0.25) is 4.79 Å². The first kappa shape index (κ1) is 13.5. The molecule has 16 heavy (non-hydrogen) atoms. The molecule has 94 valence electrons. The molecule has 0 aromatic rings. The third-order valence-corrected chi connectivity index (χ3v) is 2.70. The van der Waals surface area contributed by atoms with Crippen LogP contribution in [0.3, 0.4) is 0 Å². The Balaban J connectivity index is 2.17. The van der Waals surface area contributed by atoms with Gasteiger partial charge in [-0.2, -0.15) is 0 Å². The number of carbonyl (C=O) groups excluding carboxylic acids is 1. The Hall–Kier alpha value is -0.610. The molecule has 4 nitrogen and oxygen atoms in total. The quantitative estimate of drug-likeness (QED) is 0.735. The molecular formula is C12H23NO3. The molecule has 1 aliphatic rings. The molecule has 1 N–H and O–H groups in total. The van der Waals surface area contributed by atoms with Crippen LogP contribution < -0.4 is 5.48 Å². The molecule has 0 spiro atoms. The fourth-order valence-electron chi connectivity index (χ4n) is 1.84. The van der Waals surface area contributed by atoms with E-state index in [2.05, 4.69) is 19.3 Å². The van der Waals surface area contributed by atoms with Crippen molar-refractivity contribution < 1.29 is 14.4 Å². The van der Waals surface area contributed by atoms with Gasteiger partial charge >= 0.3 is 0 Å². The molecule has 1 amide bonds. The van der Waals surface area contributed by atoms with Gasteiger partial charge in [-0.25, -0.2) is 10.3 Å². The Morgan fingerprint density at radius 1 is 1.44 bits per heavy atom. The van der Waals surface area contributed by atoms with Crippen LogP contribution in [-0.4, -0.2) is 18.8 Å². The van der Waals surface area contributed by atoms with Crippen molar-refractivity contribution in [3.63, 3.8) is 0 Å². The zero-order valence-corrected chi connectivity index (χ0v) is 10.5. The number of ether oxygens (including phenoxy) is 1. The van der Waals surface area contributed by atoms with Gasteiger partial charge in [0.1, 0.15) is 0 Å². The molecule has 1 rings (SSSR count). The normalized spacial score (nSPS) is 23.1. The van der Waals surface area contributed by atoms with E-state index in [-0.39, 0.29) is 18.1 Å². The van der Waals surface area contributed by atoms with Gasteiger partial charge in [0.25, 0.3) is 0 Å². The predicted molar refractivity (Wildman–Crippen MR) is 61.4 cm³/mol. The van der Waals surface area contributed by atoms with E-state index >= 15 is 0 Å². The van der Waals surface area contributed by atoms with Crippen LogP contribution in [0.15, 0.2) is 0 Å². The third kappa shape index (κ3) is 4.94. The number of hydroxylamine groups is 1. The number of hydrogen-bond donors (Lipinski definition) is 1. The van der Waals surface area contributed by atoms with Crippen molar-refractivity contribution in [2.45, 2.75) is 52.7 Å². The smallest absolute Gasteiger partial charge is 0.246 e. The Kier molecular flexibility index (Phi) is 5.77. The van der Waals surface area contributed by atoms with E-state index in [0.29, 0.717) is 5.92 Å². The van der Waals surface area contributed by atoms with E-state index in [9.17, 15) is 4.79 Å². The van der Waals surface area contributed by atoms with Crippen LogP contribution in [0.25, 0.3) is 0 Å². The van der Waals surface area contributed by atoms with Gasteiger partial charge in [0.15, 0.2) is 6.29 Å². The van der Waals surface area contributed by atoms with Crippen LogP contribution in [-0.2, 0) is 14.4 Å². The lowest BCUT2D eigenvalue weighted by molar-refractivity contribution is -0.202. The first-order chi connectivity index (χ1) is 7.59. The summed E-state index contributed by atoms with van der Waals surface area (Å²) in [5.41, 5.74) is 2.49. The first-order valence-electron chi connectivity index (χ1n) is 6.16. The Labute approximate surface area is 97.6 Å². The molecule has 1 saturated heterocycles. The van der Waals surface area contributed by atoms with Crippen LogP contribution in [0.1, 0.15) is 46.5 Å². The van der Waals surface area contributed by atoms with Crippen molar-refractivity contribution in [2.75, 3.05) is 6.61 Å². The second-order valence-corrected chi connectivity index (χ2v) is 4.91. The van der Waals surface area contributed by atoms with Gasteiger partial charge in [0.05, 0.1) is 0 Å². The minimum absolute atomic E-state index is 0.0106. The van der Waals surface area contributed by atoms with Crippen molar-refractivity contribution >= 4 is 5.91 Å². The first-order valence-corrected chi connectivity index (χ1v) is 6.16.